The molecule has 2 rings (SSSR count). The van der Waals surface area contributed by atoms with Crippen LogP contribution in [0.5, 0.6) is 0 Å². The minimum absolute atomic E-state index is 0.0957. The highest BCUT2D eigenvalue weighted by molar-refractivity contribution is 7.89. The van der Waals surface area contributed by atoms with E-state index in [0.29, 0.717) is 17.5 Å². The average Bonchev–Trinajstić information content (AvgIpc) is 2.61. The molecule has 29 heavy (non-hydrogen) atoms. The van der Waals surface area contributed by atoms with E-state index in [9.17, 15) is 13.5 Å². The first kappa shape index (κ1) is 23.2. The first-order valence-electron chi connectivity index (χ1n) is 9.85. The highest BCUT2D eigenvalue weighted by Gasteiger charge is 2.33. The summed E-state index contributed by atoms with van der Waals surface area (Å²) < 4.78 is 29.5. The summed E-state index contributed by atoms with van der Waals surface area (Å²) in [7, 11) is -3.83. The molecular formula is C24H31NO3S. The molecule has 0 spiro atoms. The second kappa shape index (κ2) is 9.58. The van der Waals surface area contributed by atoms with Crippen LogP contribution < -0.4 is 4.72 Å². The Bertz CT molecular complexity index is 952. The number of hydrogen-bond acceptors (Lipinski definition) is 3. The minimum Gasteiger partial charge on any atom is -0.392 e. The third-order valence-electron chi connectivity index (χ3n) is 5.16. The first-order valence-corrected chi connectivity index (χ1v) is 11.3. The molecule has 0 radical (unpaired) electrons. The van der Waals surface area contributed by atoms with Gasteiger partial charge in [-0.25, -0.2) is 13.1 Å². The summed E-state index contributed by atoms with van der Waals surface area (Å²) >= 11 is 0. The van der Waals surface area contributed by atoms with Crippen LogP contribution in [0.2, 0.25) is 0 Å². The molecule has 0 aliphatic rings. The van der Waals surface area contributed by atoms with Crippen LogP contribution in [0.4, 0.5) is 0 Å². The second-order valence-electron chi connectivity index (χ2n) is 8.07. The maximum absolute atomic E-state index is 13.3. The predicted octanol–water partition coefficient (Wildman–Crippen LogP) is 3.77. The minimum atomic E-state index is -3.83. The van der Waals surface area contributed by atoms with Crippen molar-refractivity contribution in [1.29, 1.82) is 0 Å². The first-order chi connectivity index (χ1) is 13.6. The molecule has 3 atom stereocenters. The number of aryl methyl sites for hydroxylation is 3. The van der Waals surface area contributed by atoms with Gasteiger partial charge in [0.1, 0.15) is 0 Å². The smallest absolute Gasteiger partial charge is 0.241 e. The van der Waals surface area contributed by atoms with Gasteiger partial charge in [-0.15, -0.1) is 6.42 Å². The molecule has 0 fully saturated rings. The molecule has 2 aromatic rings. The normalized spacial score (nSPS) is 15.0. The Morgan fingerprint density at radius 2 is 1.62 bits per heavy atom. The van der Waals surface area contributed by atoms with Gasteiger partial charge in [0, 0.05) is 6.04 Å². The summed E-state index contributed by atoms with van der Waals surface area (Å²) in [5, 5.41) is 10.7. The molecule has 0 aliphatic carbocycles. The van der Waals surface area contributed by atoms with E-state index in [1.807, 2.05) is 63.2 Å². The van der Waals surface area contributed by atoms with E-state index >= 15 is 0 Å². The van der Waals surface area contributed by atoms with Gasteiger partial charge in [0.25, 0.3) is 0 Å². The van der Waals surface area contributed by atoms with E-state index in [0.717, 1.165) is 11.1 Å². The van der Waals surface area contributed by atoms with Crippen molar-refractivity contribution < 1.29 is 13.5 Å². The van der Waals surface area contributed by atoms with E-state index in [1.54, 1.807) is 13.8 Å². The third-order valence-corrected chi connectivity index (χ3v) is 6.95. The van der Waals surface area contributed by atoms with Crippen molar-refractivity contribution in [2.45, 2.75) is 58.1 Å². The monoisotopic (exact) mass is 413 g/mol. The van der Waals surface area contributed by atoms with E-state index < -0.39 is 28.1 Å². The molecule has 0 saturated carbocycles. The van der Waals surface area contributed by atoms with Gasteiger partial charge < -0.3 is 5.11 Å². The van der Waals surface area contributed by atoms with Crippen molar-refractivity contribution in [3.8, 4) is 12.3 Å². The van der Waals surface area contributed by atoms with E-state index in [2.05, 4.69) is 10.6 Å². The van der Waals surface area contributed by atoms with Crippen molar-refractivity contribution in [3.63, 3.8) is 0 Å². The zero-order valence-electron chi connectivity index (χ0n) is 17.8. The number of benzene rings is 2. The number of hydrogen-bond donors (Lipinski definition) is 2. The average molecular weight is 414 g/mol. The molecule has 0 heterocycles. The molecule has 0 saturated heterocycles. The van der Waals surface area contributed by atoms with Gasteiger partial charge in [0.05, 0.1) is 16.9 Å². The lowest BCUT2D eigenvalue weighted by Crippen LogP contribution is -2.47. The lowest BCUT2D eigenvalue weighted by Gasteiger charge is -2.30. The predicted molar refractivity (Wildman–Crippen MR) is 118 cm³/mol. The molecule has 156 valence electrons. The Balaban J connectivity index is 2.47. The van der Waals surface area contributed by atoms with Gasteiger partial charge in [0.2, 0.25) is 10.0 Å². The summed E-state index contributed by atoms with van der Waals surface area (Å²) in [4.78, 5) is 0.274. The molecule has 2 N–H and O–H groups in total. The van der Waals surface area contributed by atoms with Crippen LogP contribution in [0.15, 0.2) is 47.4 Å². The second-order valence-corrected chi connectivity index (χ2v) is 9.72. The highest BCUT2D eigenvalue weighted by Crippen LogP contribution is 2.25. The highest BCUT2D eigenvalue weighted by atomic mass is 32.2. The van der Waals surface area contributed by atoms with Crippen LogP contribution in [0.1, 0.15) is 36.1 Å². The molecule has 4 nitrogen and oxygen atoms in total. The van der Waals surface area contributed by atoms with E-state index in [-0.39, 0.29) is 10.8 Å². The van der Waals surface area contributed by atoms with Gasteiger partial charge in [0.15, 0.2) is 0 Å². The van der Waals surface area contributed by atoms with Crippen molar-refractivity contribution in [2.24, 2.45) is 11.8 Å². The quantitative estimate of drug-likeness (QED) is 0.648. The maximum atomic E-state index is 13.3. The molecule has 0 unspecified atom stereocenters. The van der Waals surface area contributed by atoms with Gasteiger partial charge in [-0.3, -0.25) is 0 Å². The van der Waals surface area contributed by atoms with Crippen LogP contribution in [-0.2, 0) is 16.4 Å². The topological polar surface area (TPSA) is 66.4 Å². The fourth-order valence-electron chi connectivity index (χ4n) is 3.83. The Hall–Kier alpha value is -2.13. The number of aliphatic hydroxyl groups excluding tert-OH is 1. The standard InChI is InChI=1S/C24H31NO3S/c1-7-21(23(26)16(2)3)22(15-20-11-9-8-10-12-20)25-29(27,28)24-18(5)13-17(4)14-19(24)6/h1,8-14,16,21-23,25-26H,15H2,2-6H3/t21-,22+,23-/m1/s1. The van der Waals surface area contributed by atoms with Crippen molar-refractivity contribution in [2.75, 3.05) is 0 Å². The zero-order chi connectivity index (χ0) is 21.8. The third kappa shape index (κ3) is 5.70. The zero-order valence-corrected chi connectivity index (χ0v) is 18.6. The number of nitrogens with one attached hydrogen (secondary N) is 1. The van der Waals surface area contributed by atoms with E-state index in [4.69, 9.17) is 6.42 Å². The Kier molecular flexibility index (Phi) is 7.65. The molecule has 0 aliphatic heterocycles. The lowest BCUT2D eigenvalue weighted by atomic mass is 9.85. The van der Waals surface area contributed by atoms with Gasteiger partial charge in [-0.05, 0) is 49.8 Å². The van der Waals surface area contributed by atoms with Crippen molar-refractivity contribution >= 4 is 10.0 Å². The largest absolute Gasteiger partial charge is 0.392 e. The molecule has 2 aromatic carbocycles. The lowest BCUT2D eigenvalue weighted by molar-refractivity contribution is 0.0748. The van der Waals surface area contributed by atoms with Gasteiger partial charge in [-0.1, -0.05) is 67.8 Å². The van der Waals surface area contributed by atoms with Crippen LogP contribution in [0.3, 0.4) is 0 Å². The van der Waals surface area contributed by atoms with Crippen LogP contribution in [0, 0.1) is 45.0 Å². The summed E-state index contributed by atoms with van der Waals surface area (Å²) in [5.74, 6) is 1.89. The number of aliphatic hydroxyl groups is 1. The summed E-state index contributed by atoms with van der Waals surface area (Å²) in [6.07, 6.45) is 5.33. The Labute approximate surface area is 175 Å². The molecular weight excluding hydrogens is 382 g/mol. The van der Waals surface area contributed by atoms with Gasteiger partial charge >= 0.3 is 0 Å². The molecule has 0 bridgehead atoms. The number of sulfonamides is 1. The fraction of sp³-hybridized carbons (Fsp3) is 0.417. The molecule has 5 heteroatoms. The summed E-state index contributed by atoms with van der Waals surface area (Å²) in [5.41, 5.74) is 3.34. The van der Waals surface area contributed by atoms with Crippen molar-refractivity contribution in [1.82, 2.24) is 4.72 Å². The molecule has 0 aromatic heterocycles. The van der Waals surface area contributed by atoms with Gasteiger partial charge in [-0.2, -0.15) is 0 Å². The number of rotatable bonds is 8. The van der Waals surface area contributed by atoms with Crippen LogP contribution in [0.25, 0.3) is 0 Å². The van der Waals surface area contributed by atoms with Crippen LogP contribution >= 0.6 is 0 Å². The SMILES string of the molecule is C#C[C@H]([C@H](Cc1ccccc1)NS(=O)(=O)c1c(C)cc(C)cc1C)[C@H](O)C(C)C. The summed E-state index contributed by atoms with van der Waals surface area (Å²) in [6, 6.07) is 12.6. The van der Waals surface area contributed by atoms with Crippen LogP contribution in [-0.4, -0.2) is 25.7 Å². The van der Waals surface area contributed by atoms with E-state index in [1.165, 1.54) is 0 Å². The molecule has 0 amide bonds. The summed E-state index contributed by atoms with van der Waals surface area (Å²) in [6.45, 7) is 9.27. The fourth-order valence-corrected chi connectivity index (χ4v) is 5.54. The Morgan fingerprint density at radius 3 is 2.10 bits per heavy atom. The van der Waals surface area contributed by atoms with Crippen molar-refractivity contribution in [3.05, 3.63) is 64.7 Å². The maximum Gasteiger partial charge on any atom is 0.241 e. The Morgan fingerprint density at radius 1 is 1.07 bits per heavy atom. The number of terminal acetylenes is 1.